The van der Waals surface area contributed by atoms with Crippen LogP contribution in [0.1, 0.15) is 46.7 Å². The van der Waals surface area contributed by atoms with Crippen LogP contribution in [0.3, 0.4) is 0 Å². The van der Waals surface area contributed by atoms with Gasteiger partial charge in [-0.25, -0.2) is 0 Å². The lowest BCUT2D eigenvalue weighted by Crippen LogP contribution is -2.14. The summed E-state index contributed by atoms with van der Waals surface area (Å²) >= 11 is 3.37. The van der Waals surface area contributed by atoms with E-state index in [-0.39, 0.29) is 5.78 Å². The average Bonchev–Trinajstić information content (AvgIpc) is 2.47. The summed E-state index contributed by atoms with van der Waals surface area (Å²) in [5.41, 5.74) is 3.46. The molecule has 1 heterocycles. The summed E-state index contributed by atoms with van der Waals surface area (Å²) in [4.78, 5) is 16.5. The zero-order chi connectivity index (χ0) is 13.9. The van der Waals surface area contributed by atoms with Gasteiger partial charge in [0.1, 0.15) is 0 Å². The molecule has 0 spiro atoms. The molecule has 0 radical (unpaired) electrons. The predicted molar refractivity (Wildman–Crippen MR) is 83.0 cm³/mol. The molecule has 0 N–H and O–H groups in total. The minimum Gasteiger partial charge on any atom is -0.294 e. The van der Waals surface area contributed by atoms with Gasteiger partial charge in [0, 0.05) is 28.9 Å². The molecule has 1 aliphatic carbocycles. The van der Waals surface area contributed by atoms with E-state index >= 15 is 0 Å². The van der Waals surface area contributed by atoms with E-state index in [0.29, 0.717) is 17.9 Å². The van der Waals surface area contributed by atoms with Crippen molar-refractivity contribution in [2.24, 2.45) is 0 Å². The van der Waals surface area contributed by atoms with Crippen molar-refractivity contribution < 1.29 is 4.79 Å². The Balaban J connectivity index is 1.81. The minimum absolute atomic E-state index is 0.181. The molecule has 0 fully saturated rings. The van der Waals surface area contributed by atoms with Gasteiger partial charge in [-0.3, -0.25) is 9.78 Å². The molecule has 20 heavy (non-hydrogen) atoms. The van der Waals surface area contributed by atoms with Gasteiger partial charge in [-0.05, 0) is 58.3 Å². The van der Waals surface area contributed by atoms with E-state index < -0.39 is 0 Å². The molecule has 0 saturated carbocycles. The number of rotatable bonds is 3. The first-order chi connectivity index (χ1) is 9.74. The van der Waals surface area contributed by atoms with Crippen molar-refractivity contribution in [3.8, 4) is 0 Å². The van der Waals surface area contributed by atoms with Crippen LogP contribution >= 0.6 is 15.9 Å². The van der Waals surface area contributed by atoms with Crippen LogP contribution in [0.15, 0.2) is 47.2 Å². The Morgan fingerprint density at radius 2 is 2.15 bits per heavy atom. The second-order valence-electron chi connectivity index (χ2n) is 5.31. The molecular weight excluding hydrogens is 314 g/mol. The number of hydrogen-bond acceptors (Lipinski definition) is 2. The van der Waals surface area contributed by atoms with Crippen molar-refractivity contribution in [1.29, 1.82) is 0 Å². The first-order valence-corrected chi connectivity index (χ1v) is 7.75. The third-order valence-electron chi connectivity index (χ3n) is 3.95. The van der Waals surface area contributed by atoms with E-state index in [1.54, 1.807) is 12.4 Å². The van der Waals surface area contributed by atoms with Crippen LogP contribution in [0, 0.1) is 0 Å². The van der Waals surface area contributed by atoms with Crippen LogP contribution in [-0.4, -0.2) is 10.8 Å². The standard InChI is InChI=1S/C17H16BrNO/c18-15-8-14(10-19-11-15)17(20)9-13-6-3-5-12-4-1-2-7-16(12)13/h1-2,4,7-8,10-11,13H,3,5-6,9H2. The summed E-state index contributed by atoms with van der Waals surface area (Å²) < 4.78 is 0.854. The van der Waals surface area contributed by atoms with Gasteiger partial charge in [0.25, 0.3) is 0 Å². The molecule has 1 aromatic carbocycles. The molecule has 1 aliphatic rings. The SMILES string of the molecule is O=C(CC1CCCc2ccccc21)c1cncc(Br)c1. The lowest BCUT2D eigenvalue weighted by molar-refractivity contribution is 0.0970. The Bertz CT molecular complexity index is 638. The Labute approximate surface area is 127 Å². The highest BCUT2D eigenvalue weighted by Gasteiger charge is 2.22. The number of aryl methyl sites for hydroxylation is 1. The molecule has 3 rings (SSSR count). The number of Topliss-reactive ketones (excluding diaryl/α,β-unsaturated/α-hetero) is 1. The highest BCUT2D eigenvalue weighted by atomic mass is 79.9. The first kappa shape index (κ1) is 13.5. The van der Waals surface area contributed by atoms with E-state index in [9.17, 15) is 4.79 Å². The number of hydrogen-bond donors (Lipinski definition) is 0. The van der Waals surface area contributed by atoms with Gasteiger partial charge in [0.2, 0.25) is 0 Å². The van der Waals surface area contributed by atoms with E-state index in [0.717, 1.165) is 17.3 Å². The maximum absolute atomic E-state index is 12.4. The molecule has 2 aromatic rings. The Kier molecular flexibility index (Phi) is 3.97. The highest BCUT2D eigenvalue weighted by molar-refractivity contribution is 9.10. The van der Waals surface area contributed by atoms with Crippen molar-refractivity contribution in [3.05, 3.63) is 63.9 Å². The van der Waals surface area contributed by atoms with Crippen LogP contribution in [-0.2, 0) is 6.42 Å². The number of carbonyl (C=O) groups excluding carboxylic acids is 1. The van der Waals surface area contributed by atoms with Gasteiger partial charge in [0.15, 0.2) is 5.78 Å². The minimum atomic E-state index is 0.181. The number of ketones is 1. The lowest BCUT2D eigenvalue weighted by Gasteiger charge is -2.24. The van der Waals surface area contributed by atoms with Crippen molar-refractivity contribution in [1.82, 2.24) is 4.98 Å². The van der Waals surface area contributed by atoms with Crippen molar-refractivity contribution in [3.63, 3.8) is 0 Å². The number of pyridine rings is 1. The monoisotopic (exact) mass is 329 g/mol. The van der Waals surface area contributed by atoms with E-state index in [4.69, 9.17) is 0 Å². The fourth-order valence-corrected chi connectivity index (χ4v) is 3.34. The number of fused-ring (bicyclic) bond motifs is 1. The summed E-state index contributed by atoms with van der Waals surface area (Å²) in [6.45, 7) is 0. The Hall–Kier alpha value is -1.48. The molecular formula is C17H16BrNO. The summed E-state index contributed by atoms with van der Waals surface area (Å²) in [6, 6.07) is 10.4. The zero-order valence-electron chi connectivity index (χ0n) is 11.2. The molecule has 0 saturated heterocycles. The van der Waals surface area contributed by atoms with E-state index in [1.165, 1.54) is 17.5 Å². The molecule has 3 heteroatoms. The molecule has 1 unspecified atom stereocenters. The van der Waals surface area contributed by atoms with Crippen LogP contribution in [0.5, 0.6) is 0 Å². The maximum Gasteiger partial charge on any atom is 0.165 e. The smallest absolute Gasteiger partial charge is 0.165 e. The molecule has 0 aliphatic heterocycles. The number of aromatic nitrogens is 1. The lowest BCUT2D eigenvalue weighted by atomic mass is 9.80. The Morgan fingerprint density at radius 1 is 1.30 bits per heavy atom. The van der Waals surface area contributed by atoms with Gasteiger partial charge < -0.3 is 0 Å². The summed E-state index contributed by atoms with van der Waals surface area (Å²) in [5.74, 6) is 0.534. The third-order valence-corrected chi connectivity index (χ3v) is 4.39. The molecule has 0 bridgehead atoms. The quantitative estimate of drug-likeness (QED) is 0.774. The Morgan fingerprint density at radius 3 is 3.00 bits per heavy atom. The van der Waals surface area contributed by atoms with Gasteiger partial charge in [-0.2, -0.15) is 0 Å². The number of carbonyl (C=O) groups is 1. The summed E-state index contributed by atoms with van der Waals surface area (Å²) in [6.07, 6.45) is 7.35. The van der Waals surface area contributed by atoms with E-state index in [2.05, 4.69) is 45.2 Å². The largest absolute Gasteiger partial charge is 0.294 e. The summed E-state index contributed by atoms with van der Waals surface area (Å²) in [7, 11) is 0. The third kappa shape index (κ3) is 2.83. The van der Waals surface area contributed by atoms with Crippen LogP contribution in [0.4, 0.5) is 0 Å². The van der Waals surface area contributed by atoms with Crippen molar-refractivity contribution in [2.45, 2.75) is 31.6 Å². The molecule has 1 atom stereocenters. The topological polar surface area (TPSA) is 30.0 Å². The number of benzene rings is 1. The summed E-state index contributed by atoms with van der Waals surface area (Å²) in [5, 5.41) is 0. The first-order valence-electron chi connectivity index (χ1n) is 6.95. The molecule has 1 aromatic heterocycles. The van der Waals surface area contributed by atoms with Gasteiger partial charge in [-0.1, -0.05) is 24.3 Å². The van der Waals surface area contributed by atoms with Crippen LogP contribution in [0.25, 0.3) is 0 Å². The fraction of sp³-hybridized carbons (Fsp3) is 0.294. The van der Waals surface area contributed by atoms with Crippen molar-refractivity contribution >= 4 is 21.7 Å². The molecule has 102 valence electrons. The van der Waals surface area contributed by atoms with E-state index in [1.807, 2.05) is 6.07 Å². The van der Waals surface area contributed by atoms with Gasteiger partial charge in [0.05, 0.1) is 0 Å². The number of halogens is 1. The molecule has 0 amide bonds. The number of nitrogens with zero attached hydrogens (tertiary/aromatic N) is 1. The normalized spacial score (nSPS) is 17.6. The maximum atomic E-state index is 12.4. The predicted octanol–water partition coefficient (Wildman–Crippen LogP) is 4.54. The fourth-order valence-electron chi connectivity index (χ4n) is 2.97. The van der Waals surface area contributed by atoms with Gasteiger partial charge in [-0.15, -0.1) is 0 Å². The second kappa shape index (κ2) is 5.88. The zero-order valence-corrected chi connectivity index (χ0v) is 12.8. The average molecular weight is 330 g/mol. The van der Waals surface area contributed by atoms with Crippen molar-refractivity contribution in [2.75, 3.05) is 0 Å². The van der Waals surface area contributed by atoms with Crippen LogP contribution in [0.2, 0.25) is 0 Å². The highest BCUT2D eigenvalue weighted by Crippen LogP contribution is 2.34. The van der Waals surface area contributed by atoms with Gasteiger partial charge >= 0.3 is 0 Å². The van der Waals surface area contributed by atoms with Crippen LogP contribution < -0.4 is 0 Å². The molecule has 2 nitrogen and oxygen atoms in total. The second-order valence-corrected chi connectivity index (χ2v) is 6.22.